The van der Waals surface area contributed by atoms with E-state index in [-0.39, 0.29) is 5.97 Å². The second kappa shape index (κ2) is 6.52. The summed E-state index contributed by atoms with van der Waals surface area (Å²) >= 11 is 1.62. The van der Waals surface area contributed by atoms with Crippen LogP contribution in [0.5, 0.6) is 0 Å². The molecule has 0 aromatic carbocycles. The molecule has 2 rings (SSSR count). The van der Waals surface area contributed by atoms with Gasteiger partial charge in [0, 0.05) is 16.6 Å². The van der Waals surface area contributed by atoms with E-state index in [0.717, 1.165) is 32.7 Å². The van der Waals surface area contributed by atoms with Gasteiger partial charge in [-0.05, 0) is 47.1 Å². The van der Waals surface area contributed by atoms with Crippen LogP contribution in [0.15, 0.2) is 0 Å². The molecule has 0 aliphatic carbocycles. The van der Waals surface area contributed by atoms with Gasteiger partial charge in [0.05, 0.1) is 17.9 Å². The number of aromatic amines is 1. The SMILES string of the molecule is CCOC(=O)c1c(C)[nH]c(-c2nc(NC(C)C)sc2C)c1C. The summed E-state index contributed by atoms with van der Waals surface area (Å²) < 4.78 is 5.14. The molecule has 2 heterocycles. The second-order valence-corrected chi connectivity index (χ2v) is 6.77. The summed E-state index contributed by atoms with van der Waals surface area (Å²) in [6.07, 6.45) is 0. The molecule has 2 aromatic rings. The highest BCUT2D eigenvalue weighted by Crippen LogP contribution is 2.34. The molecule has 0 radical (unpaired) electrons. The number of ether oxygens (including phenoxy) is 1. The molecule has 0 aliphatic rings. The van der Waals surface area contributed by atoms with E-state index in [4.69, 9.17) is 4.74 Å². The number of aryl methyl sites for hydroxylation is 2. The summed E-state index contributed by atoms with van der Waals surface area (Å²) in [6.45, 7) is 12.2. The fourth-order valence-electron chi connectivity index (χ4n) is 2.43. The summed E-state index contributed by atoms with van der Waals surface area (Å²) in [5, 5.41) is 4.22. The topological polar surface area (TPSA) is 67.0 Å². The van der Waals surface area contributed by atoms with Crippen LogP contribution >= 0.6 is 11.3 Å². The number of hydrogen-bond donors (Lipinski definition) is 2. The first kappa shape index (κ1) is 16.5. The number of anilines is 1. The standard InChI is InChI=1S/C16H23N3O2S/c1-7-21-15(20)12-9(4)13(18-10(12)5)14-11(6)22-16(19-14)17-8(2)3/h8,18H,7H2,1-6H3,(H,17,19). The molecule has 0 spiro atoms. The molecule has 0 fully saturated rings. The Morgan fingerprint density at radius 3 is 2.64 bits per heavy atom. The molecular formula is C16H23N3O2S. The summed E-state index contributed by atoms with van der Waals surface area (Å²) in [5.74, 6) is -0.284. The third-order valence-corrected chi connectivity index (χ3v) is 4.26. The van der Waals surface area contributed by atoms with E-state index < -0.39 is 0 Å². The maximum absolute atomic E-state index is 12.1. The van der Waals surface area contributed by atoms with Gasteiger partial charge in [-0.15, -0.1) is 11.3 Å². The fraction of sp³-hybridized carbons (Fsp3) is 0.500. The summed E-state index contributed by atoms with van der Waals surface area (Å²) in [6, 6.07) is 0.333. The van der Waals surface area contributed by atoms with Crippen LogP contribution in [0.3, 0.4) is 0 Å². The van der Waals surface area contributed by atoms with Gasteiger partial charge in [0.25, 0.3) is 0 Å². The van der Waals surface area contributed by atoms with Gasteiger partial charge in [-0.25, -0.2) is 9.78 Å². The Labute approximate surface area is 135 Å². The minimum atomic E-state index is -0.284. The van der Waals surface area contributed by atoms with Crippen molar-refractivity contribution in [1.29, 1.82) is 0 Å². The Balaban J connectivity index is 2.44. The number of nitrogens with zero attached hydrogens (tertiary/aromatic N) is 1. The number of hydrogen-bond acceptors (Lipinski definition) is 5. The van der Waals surface area contributed by atoms with Crippen molar-refractivity contribution in [3.8, 4) is 11.4 Å². The Morgan fingerprint density at radius 1 is 1.36 bits per heavy atom. The van der Waals surface area contributed by atoms with Crippen LogP contribution in [-0.4, -0.2) is 28.6 Å². The fourth-order valence-corrected chi connectivity index (χ4v) is 3.40. The third kappa shape index (κ3) is 3.16. The minimum Gasteiger partial charge on any atom is -0.462 e. The van der Waals surface area contributed by atoms with Gasteiger partial charge >= 0.3 is 5.97 Å². The zero-order valence-electron chi connectivity index (χ0n) is 14.0. The van der Waals surface area contributed by atoms with Crippen LogP contribution < -0.4 is 5.32 Å². The van der Waals surface area contributed by atoms with Crippen LogP contribution in [0.4, 0.5) is 5.13 Å². The molecule has 120 valence electrons. The van der Waals surface area contributed by atoms with Gasteiger partial charge in [-0.3, -0.25) is 0 Å². The molecule has 0 saturated carbocycles. The monoisotopic (exact) mass is 321 g/mol. The molecule has 0 saturated heterocycles. The smallest absolute Gasteiger partial charge is 0.340 e. The first-order chi connectivity index (χ1) is 10.3. The third-order valence-electron chi connectivity index (χ3n) is 3.36. The Hall–Kier alpha value is -1.82. The highest BCUT2D eigenvalue weighted by atomic mass is 32.1. The summed E-state index contributed by atoms with van der Waals surface area (Å²) in [7, 11) is 0. The van der Waals surface area contributed by atoms with Crippen molar-refractivity contribution in [3.05, 3.63) is 21.7 Å². The van der Waals surface area contributed by atoms with Crippen molar-refractivity contribution in [1.82, 2.24) is 9.97 Å². The predicted molar refractivity (Wildman–Crippen MR) is 90.8 cm³/mol. The van der Waals surface area contributed by atoms with Crippen molar-refractivity contribution in [3.63, 3.8) is 0 Å². The van der Waals surface area contributed by atoms with Crippen molar-refractivity contribution in [2.24, 2.45) is 0 Å². The average Bonchev–Trinajstić information content (AvgIpc) is 2.89. The van der Waals surface area contributed by atoms with Crippen LogP contribution in [0, 0.1) is 20.8 Å². The zero-order chi connectivity index (χ0) is 16.4. The number of rotatable bonds is 5. The number of esters is 1. The molecule has 6 heteroatoms. The van der Waals surface area contributed by atoms with E-state index in [1.165, 1.54) is 0 Å². The number of nitrogens with one attached hydrogen (secondary N) is 2. The van der Waals surface area contributed by atoms with E-state index in [1.807, 2.05) is 27.7 Å². The first-order valence-corrected chi connectivity index (χ1v) is 8.27. The quantitative estimate of drug-likeness (QED) is 0.815. The molecule has 0 aliphatic heterocycles. The van der Waals surface area contributed by atoms with Gasteiger partial charge in [0.15, 0.2) is 5.13 Å². The second-order valence-electron chi connectivity index (χ2n) is 5.57. The Kier molecular flexibility index (Phi) is 4.90. The number of carbonyl (C=O) groups is 1. The largest absolute Gasteiger partial charge is 0.462 e. The Bertz CT molecular complexity index is 686. The number of aromatic nitrogens is 2. The zero-order valence-corrected chi connectivity index (χ0v) is 14.8. The van der Waals surface area contributed by atoms with Gasteiger partial charge < -0.3 is 15.0 Å². The number of carbonyl (C=O) groups excluding carboxylic acids is 1. The molecule has 2 aromatic heterocycles. The van der Waals surface area contributed by atoms with Crippen molar-refractivity contribution in [2.45, 2.75) is 47.6 Å². The van der Waals surface area contributed by atoms with E-state index in [9.17, 15) is 4.79 Å². The lowest BCUT2D eigenvalue weighted by Crippen LogP contribution is -2.09. The number of H-pyrrole nitrogens is 1. The van der Waals surface area contributed by atoms with Crippen LogP contribution in [0.25, 0.3) is 11.4 Å². The molecule has 5 nitrogen and oxygen atoms in total. The lowest BCUT2D eigenvalue weighted by molar-refractivity contribution is 0.0525. The molecule has 22 heavy (non-hydrogen) atoms. The number of thiazole rings is 1. The minimum absolute atomic E-state index is 0.284. The normalized spacial score (nSPS) is 11.0. The average molecular weight is 321 g/mol. The van der Waals surface area contributed by atoms with E-state index in [0.29, 0.717) is 18.2 Å². The molecule has 2 N–H and O–H groups in total. The molecule has 0 amide bonds. The van der Waals surface area contributed by atoms with Crippen LogP contribution in [0.2, 0.25) is 0 Å². The maximum atomic E-state index is 12.1. The highest BCUT2D eigenvalue weighted by Gasteiger charge is 2.22. The van der Waals surface area contributed by atoms with Gasteiger partial charge in [-0.2, -0.15) is 0 Å². The van der Waals surface area contributed by atoms with E-state index >= 15 is 0 Å². The molecule has 0 unspecified atom stereocenters. The van der Waals surface area contributed by atoms with Crippen molar-refractivity contribution < 1.29 is 9.53 Å². The van der Waals surface area contributed by atoms with Gasteiger partial charge in [0.2, 0.25) is 0 Å². The molecule has 0 atom stereocenters. The lowest BCUT2D eigenvalue weighted by atomic mass is 10.1. The maximum Gasteiger partial charge on any atom is 0.340 e. The molecule has 0 bridgehead atoms. The lowest BCUT2D eigenvalue weighted by Gasteiger charge is -2.04. The van der Waals surface area contributed by atoms with Gasteiger partial charge in [-0.1, -0.05) is 0 Å². The van der Waals surface area contributed by atoms with Crippen LogP contribution in [-0.2, 0) is 4.74 Å². The van der Waals surface area contributed by atoms with Crippen molar-refractivity contribution in [2.75, 3.05) is 11.9 Å². The Morgan fingerprint density at radius 2 is 2.05 bits per heavy atom. The van der Waals surface area contributed by atoms with Crippen molar-refractivity contribution >= 4 is 22.4 Å². The van der Waals surface area contributed by atoms with E-state index in [2.05, 4.69) is 29.1 Å². The van der Waals surface area contributed by atoms with Crippen LogP contribution in [0.1, 0.15) is 47.3 Å². The first-order valence-electron chi connectivity index (χ1n) is 7.45. The van der Waals surface area contributed by atoms with E-state index in [1.54, 1.807) is 11.3 Å². The van der Waals surface area contributed by atoms with Gasteiger partial charge in [0.1, 0.15) is 5.69 Å². The summed E-state index contributed by atoms with van der Waals surface area (Å²) in [5.41, 5.74) is 4.11. The highest BCUT2D eigenvalue weighted by molar-refractivity contribution is 7.16. The predicted octanol–water partition coefficient (Wildman–Crippen LogP) is 4.06. The summed E-state index contributed by atoms with van der Waals surface area (Å²) in [4.78, 5) is 21.2. The molecular weight excluding hydrogens is 298 g/mol.